The lowest BCUT2D eigenvalue weighted by molar-refractivity contribution is -0.274. The average molecular weight is 478 g/mol. The molecule has 3 rings (SSSR count). The molecular formula is C22H21F3N4O5. The van der Waals surface area contributed by atoms with Gasteiger partial charge in [0, 0.05) is 5.69 Å². The Morgan fingerprint density at radius 2 is 1.74 bits per heavy atom. The van der Waals surface area contributed by atoms with Crippen LogP contribution in [0, 0.1) is 13.8 Å². The van der Waals surface area contributed by atoms with Gasteiger partial charge < -0.3 is 15.4 Å². The molecule has 0 spiro atoms. The molecule has 1 heterocycles. The van der Waals surface area contributed by atoms with Crippen LogP contribution in [-0.2, 0) is 15.1 Å². The van der Waals surface area contributed by atoms with Crippen LogP contribution in [0.5, 0.6) is 5.75 Å². The van der Waals surface area contributed by atoms with E-state index in [1.54, 1.807) is 19.1 Å². The van der Waals surface area contributed by atoms with Crippen molar-refractivity contribution >= 4 is 29.6 Å². The average Bonchev–Trinajstić information content (AvgIpc) is 2.93. The summed E-state index contributed by atoms with van der Waals surface area (Å²) in [4.78, 5) is 50.3. The highest BCUT2D eigenvalue weighted by Crippen LogP contribution is 2.31. The summed E-state index contributed by atoms with van der Waals surface area (Å²) in [7, 11) is 0. The maximum absolute atomic E-state index is 12.9. The van der Waals surface area contributed by atoms with Gasteiger partial charge >= 0.3 is 18.4 Å². The van der Waals surface area contributed by atoms with Crippen molar-refractivity contribution in [3.63, 3.8) is 0 Å². The van der Waals surface area contributed by atoms with E-state index >= 15 is 0 Å². The topological polar surface area (TPSA) is 117 Å². The fourth-order valence-electron chi connectivity index (χ4n) is 3.44. The van der Waals surface area contributed by atoms with E-state index < -0.39 is 48.1 Å². The summed E-state index contributed by atoms with van der Waals surface area (Å²) in [6, 6.07) is 7.94. The van der Waals surface area contributed by atoms with Gasteiger partial charge in [-0.3, -0.25) is 19.8 Å². The molecule has 1 saturated heterocycles. The summed E-state index contributed by atoms with van der Waals surface area (Å²) in [6.07, 6.45) is -4.88. The van der Waals surface area contributed by atoms with Crippen molar-refractivity contribution in [2.45, 2.75) is 32.7 Å². The molecule has 34 heavy (non-hydrogen) atoms. The van der Waals surface area contributed by atoms with Crippen molar-refractivity contribution in [2.75, 3.05) is 11.9 Å². The molecule has 0 aromatic heterocycles. The zero-order chi connectivity index (χ0) is 25.3. The Balaban J connectivity index is 1.64. The van der Waals surface area contributed by atoms with Crippen molar-refractivity contribution in [1.82, 2.24) is 15.5 Å². The van der Waals surface area contributed by atoms with Gasteiger partial charge in [0.25, 0.3) is 5.91 Å². The van der Waals surface area contributed by atoms with E-state index in [9.17, 15) is 32.3 Å². The van der Waals surface area contributed by atoms with E-state index in [0.29, 0.717) is 10.6 Å². The Morgan fingerprint density at radius 1 is 1.09 bits per heavy atom. The number of nitrogens with one attached hydrogen (secondary N) is 3. The second-order valence-electron chi connectivity index (χ2n) is 7.84. The minimum absolute atomic E-state index is 0.177. The normalized spacial score (nSPS) is 17.9. The third kappa shape index (κ3) is 5.45. The Morgan fingerprint density at radius 3 is 2.32 bits per heavy atom. The first-order chi connectivity index (χ1) is 15.8. The molecule has 6 amide bonds. The van der Waals surface area contributed by atoms with E-state index in [-0.39, 0.29) is 5.56 Å². The number of rotatable bonds is 5. The first kappa shape index (κ1) is 24.6. The molecular weight excluding hydrogens is 457 g/mol. The highest BCUT2D eigenvalue weighted by Gasteiger charge is 2.49. The number of nitrogens with zero attached hydrogens (tertiary/aromatic N) is 1. The lowest BCUT2D eigenvalue weighted by atomic mass is 9.92. The van der Waals surface area contributed by atoms with Crippen molar-refractivity contribution in [1.29, 1.82) is 0 Å². The number of urea groups is 2. The fraction of sp³-hybridized carbons (Fsp3) is 0.273. The molecule has 1 unspecified atom stereocenters. The Labute approximate surface area is 192 Å². The highest BCUT2D eigenvalue weighted by molar-refractivity contribution is 6.10. The number of alkyl halides is 3. The molecule has 1 aliphatic heterocycles. The van der Waals surface area contributed by atoms with E-state index in [4.69, 9.17) is 0 Å². The van der Waals surface area contributed by atoms with Gasteiger partial charge in [-0.05, 0) is 50.1 Å². The lowest BCUT2D eigenvalue weighted by Crippen LogP contribution is -2.45. The molecule has 2 aromatic carbocycles. The third-order valence-corrected chi connectivity index (χ3v) is 5.12. The number of anilines is 1. The summed E-state index contributed by atoms with van der Waals surface area (Å²) < 4.78 is 40.8. The third-order valence-electron chi connectivity index (χ3n) is 5.12. The molecule has 0 saturated carbocycles. The number of carbonyl (C=O) groups is 4. The first-order valence-corrected chi connectivity index (χ1v) is 9.97. The van der Waals surface area contributed by atoms with Crippen LogP contribution in [-0.4, -0.2) is 41.7 Å². The standard InChI is InChI=1S/C22H21F3N4O5/c1-12-4-9-16(13(2)10-12)26-19(32)27-17(30)11-29-18(31)21(3,28-20(29)33)14-5-7-15(8-6-14)34-22(23,24)25/h4-10H,11H2,1-3H3,(H,28,33)(H2,26,27,30,32). The second kappa shape index (κ2) is 9.04. The van der Waals surface area contributed by atoms with Crippen molar-refractivity contribution in [3.8, 4) is 5.75 Å². The van der Waals surface area contributed by atoms with Crippen LogP contribution in [0.1, 0.15) is 23.6 Å². The number of hydrogen-bond donors (Lipinski definition) is 3. The van der Waals surface area contributed by atoms with Crippen molar-refractivity contribution in [3.05, 3.63) is 59.2 Å². The molecule has 12 heteroatoms. The van der Waals surface area contributed by atoms with Crippen LogP contribution >= 0.6 is 0 Å². The molecule has 0 aliphatic carbocycles. The number of halogens is 3. The van der Waals surface area contributed by atoms with Gasteiger partial charge in [-0.2, -0.15) is 0 Å². The van der Waals surface area contributed by atoms with Gasteiger partial charge in [-0.1, -0.05) is 29.8 Å². The smallest absolute Gasteiger partial charge is 0.406 e. The van der Waals surface area contributed by atoms with E-state index in [2.05, 4.69) is 15.4 Å². The zero-order valence-corrected chi connectivity index (χ0v) is 18.4. The van der Waals surface area contributed by atoms with Crippen LogP contribution in [0.15, 0.2) is 42.5 Å². The van der Waals surface area contributed by atoms with E-state index in [1.165, 1.54) is 19.1 Å². The number of hydrogen-bond acceptors (Lipinski definition) is 5. The summed E-state index contributed by atoms with van der Waals surface area (Å²) in [5.41, 5.74) is 0.796. The number of amides is 6. The number of imide groups is 2. The minimum atomic E-state index is -4.88. The molecule has 0 bridgehead atoms. The van der Waals surface area contributed by atoms with E-state index in [1.807, 2.05) is 18.3 Å². The minimum Gasteiger partial charge on any atom is -0.406 e. The Kier molecular flexibility index (Phi) is 6.53. The van der Waals surface area contributed by atoms with Crippen LogP contribution in [0.2, 0.25) is 0 Å². The monoisotopic (exact) mass is 478 g/mol. The SMILES string of the molecule is Cc1ccc(NC(=O)NC(=O)CN2C(=O)NC(C)(c3ccc(OC(F)(F)F)cc3)C2=O)c(C)c1. The molecule has 1 atom stereocenters. The quantitative estimate of drug-likeness (QED) is 0.570. The van der Waals surface area contributed by atoms with Crippen LogP contribution in [0.25, 0.3) is 0 Å². The largest absolute Gasteiger partial charge is 0.573 e. The van der Waals surface area contributed by atoms with E-state index in [0.717, 1.165) is 23.3 Å². The summed E-state index contributed by atoms with van der Waals surface area (Å²) >= 11 is 0. The molecule has 1 aliphatic rings. The summed E-state index contributed by atoms with van der Waals surface area (Å²) in [6.45, 7) is 4.27. The Bertz CT molecular complexity index is 1150. The van der Waals surface area contributed by atoms with Gasteiger partial charge in [-0.15, -0.1) is 13.2 Å². The molecule has 180 valence electrons. The van der Waals surface area contributed by atoms with Gasteiger partial charge in [-0.25, -0.2) is 9.59 Å². The van der Waals surface area contributed by atoms with Crippen LogP contribution < -0.4 is 20.7 Å². The molecule has 2 aromatic rings. The van der Waals surface area contributed by atoms with Gasteiger partial charge in [0.05, 0.1) is 0 Å². The predicted molar refractivity (Wildman–Crippen MR) is 114 cm³/mol. The number of benzene rings is 2. The number of ether oxygens (including phenoxy) is 1. The zero-order valence-electron chi connectivity index (χ0n) is 18.4. The molecule has 0 radical (unpaired) electrons. The molecule has 3 N–H and O–H groups in total. The van der Waals surface area contributed by atoms with Crippen LogP contribution in [0.3, 0.4) is 0 Å². The van der Waals surface area contributed by atoms with Gasteiger partial charge in [0.2, 0.25) is 5.91 Å². The summed E-state index contributed by atoms with van der Waals surface area (Å²) in [5, 5.41) is 6.98. The second-order valence-corrected chi connectivity index (χ2v) is 7.84. The van der Waals surface area contributed by atoms with Crippen molar-refractivity contribution < 1.29 is 37.1 Å². The molecule has 9 nitrogen and oxygen atoms in total. The number of carbonyl (C=O) groups excluding carboxylic acids is 4. The van der Waals surface area contributed by atoms with Crippen LogP contribution in [0.4, 0.5) is 28.4 Å². The first-order valence-electron chi connectivity index (χ1n) is 9.97. The van der Waals surface area contributed by atoms with Gasteiger partial charge in [0.1, 0.15) is 17.8 Å². The summed E-state index contributed by atoms with van der Waals surface area (Å²) in [5.74, 6) is -2.22. The Hall–Kier alpha value is -4.09. The highest BCUT2D eigenvalue weighted by atomic mass is 19.4. The lowest BCUT2D eigenvalue weighted by Gasteiger charge is -2.22. The fourth-order valence-corrected chi connectivity index (χ4v) is 3.44. The van der Waals surface area contributed by atoms with Crippen molar-refractivity contribution in [2.24, 2.45) is 0 Å². The predicted octanol–water partition coefficient (Wildman–Crippen LogP) is 3.32. The number of aryl methyl sites for hydroxylation is 2. The maximum Gasteiger partial charge on any atom is 0.573 e. The maximum atomic E-state index is 12.9. The molecule has 1 fully saturated rings. The van der Waals surface area contributed by atoms with Gasteiger partial charge in [0.15, 0.2) is 0 Å².